The van der Waals surface area contributed by atoms with Crippen LogP contribution in [0.3, 0.4) is 0 Å². The molecule has 3 nitrogen and oxygen atoms in total. The average molecular weight is 219 g/mol. The van der Waals surface area contributed by atoms with E-state index in [1.807, 2.05) is 0 Å². The van der Waals surface area contributed by atoms with Crippen LogP contribution in [-0.2, 0) is 6.54 Å². The molecule has 2 rings (SSSR count). The number of nitrogens with one attached hydrogen (secondary N) is 2. The van der Waals surface area contributed by atoms with E-state index in [1.165, 1.54) is 5.56 Å². The SMILES string of the molecule is c1ccc(CN2CCNCCNCC2)cc1. The van der Waals surface area contributed by atoms with Gasteiger partial charge >= 0.3 is 0 Å². The van der Waals surface area contributed by atoms with Crippen molar-refractivity contribution in [1.29, 1.82) is 0 Å². The van der Waals surface area contributed by atoms with E-state index >= 15 is 0 Å². The number of hydrogen-bond acceptors (Lipinski definition) is 3. The first-order valence-corrected chi connectivity index (χ1v) is 6.13. The highest BCUT2D eigenvalue weighted by Crippen LogP contribution is 2.03. The minimum atomic E-state index is 1.06. The Labute approximate surface area is 97.8 Å². The van der Waals surface area contributed by atoms with E-state index in [1.54, 1.807) is 0 Å². The molecule has 2 N–H and O–H groups in total. The molecule has 1 saturated heterocycles. The smallest absolute Gasteiger partial charge is 0.0234 e. The molecular formula is C13H21N3. The molecule has 0 amide bonds. The van der Waals surface area contributed by atoms with Crippen LogP contribution in [0, 0.1) is 0 Å². The van der Waals surface area contributed by atoms with Gasteiger partial charge < -0.3 is 10.6 Å². The van der Waals surface area contributed by atoms with Crippen LogP contribution in [0.1, 0.15) is 5.56 Å². The third-order valence-corrected chi connectivity index (χ3v) is 2.94. The summed E-state index contributed by atoms with van der Waals surface area (Å²) >= 11 is 0. The molecule has 1 aliphatic rings. The van der Waals surface area contributed by atoms with Gasteiger partial charge in [0.2, 0.25) is 0 Å². The lowest BCUT2D eigenvalue weighted by atomic mass is 10.2. The molecule has 1 aromatic carbocycles. The van der Waals surface area contributed by atoms with E-state index in [2.05, 4.69) is 45.9 Å². The van der Waals surface area contributed by atoms with Crippen molar-refractivity contribution in [1.82, 2.24) is 15.5 Å². The van der Waals surface area contributed by atoms with Gasteiger partial charge in [-0.2, -0.15) is 0 Å². The summed E-state index contributed by atoms with van der Waals surface area (Å²) in [6, 6.07) is 10.7. The van der Waals surface area contributed by atoms with Gasteiger partial charge in [0.25, 0.3) is 0 Å². The van der Waals surface area contributed by atoms with E-state index in [9.17, 15) is 0 Å². The second kappa shape index (κ2) is 6.63. The molecule has 0 saturated carbocycles. The van der Waals surface area contributed by atoms with Gasteiger partial charge in [-0.1, -0.05) is 30.3 Å². The zero-order chi connectivity index (χ0) is 11.1. The minimum absolute atomic E-state index is 1.06. The van der Waals surface area contributed by atoms with Crippen molar-refractivity contribution in [3.63, 3.8) is 0 Å². The fourth-order valence-electron chi connectivity index (χ4n) is 2.01. The van der Waals surface area contributed by atoms with Crippen molar-refractivity contribution in [3.05, 3.63) is 35.9 Å². The van der Waals surface area contributed by atoms with E-state index in [-0.39, 0.29) is 0 Å². The summed E-state index contributed by atoms with van der Waals surface area (Å²) in [7, 11) is 0. The number of rotatable bonds is 2. The number of benzene rings is 1. The topological polar surface area (TPSA) is 27.3 Å². The highest BCUT2D eigenvalue weighted by atomic mass is 15.2. The van der Waals surface area contributed by atoms with Gasteiger partial charge in [-0.25, -0.2) is 0 Å². The largest absolute Gasteiger partial charge is 0.314 e. The van der Waals surface area contributed by atoms with Crippen LogP contribution in [0.25, 0.3) is 0 Å². The van der Waals surface area contributed by atoms with Gasteiger partial charge in [0.1, 0.15) is 0 Å². The quantitative estimate of drug-likeness (QED) is 0.766. The maximum absolute atomic E-state index is 3.44. The van der Waals surface area contributed by atoms with E-state index in [4.69, 9.17) is 0 Å². The molecule has 0 aliphatic carbocycles. The zero-order valence-corrected chi connectivity index (χ0v) is 9.78. The Bertz CT molecular complexity index is 276. The highest BCUT2D eigenvalue weighted by Gasteiger charge is 2.06. The standard InChI is InChI=1S/C13H21N3/c1-2-4-13(5-3-1)12-16-10-8-14-6-7-15-9-11-16/h1-5,14-15H,6-12H2. The normalized spacial score (nSPS) is 19.8. The van der Waals surface area contributed by atoms with Crippen LogP contribution >= 0.6 is 0 Å². The lowest BCUT2D eigenvalue weighted by Crippen LogP contribution is -2.33. The van der Waals surface area contributed by atoms with Gasteiger partial charge in [-0.05, 0) is 5.56 Å². The van der Waals surface area contributed by atoms with Crippen LogP contribution in [0.2, 0.25) is 0 Å². The Morgan fingerprint density at radius 1 is 0.875 bits per heavy atom. The molecule has 1 fully saturated rings. The summed E-state index contributed by atoms with van der Waals surface area (Å²) in [5.74, 6) is 0. The van der Waals surface area contributed by atoms with Crippen LogP contribution in [0.4, 0.5) is 0 Å². The van der Waals surface area contributed by atoms with E-state index < -0.39 is 0 Å². The predicted molar refractivity (Wildman–Crippen MR) is 67.5 cm³/mol. The first kappa shape index (κ1) is 11.6. The van der Waals surface area contributed by atoms with Crippen molar-refractivity contribution >= 4 is 0 Å². The molecule has 1 aliphatic heterocycles. The van der Waals surface area contributed by atoms with Crippen molar-refractivity contribution in [3.8, 4) is 0 Å². The fourth-order valence-corrected chi connectivity index (χ4v) is 2.01. The summed E-state index contributed by atoms with van der Waals surface area (Å²) in [6.45, 7) is 7.68. The molecule has 88 valence electrons. The average Bonchev–Trinajstić information content (AvgIpc) is 2.45. The van der Waals surface area contributed by atoms with Crippen LogP contribution in [-0.4, -0.2) is 44.2 Å². The van der Waals surface area contributed by atoms with Gasteiger partial charge in [0.15, 0.2) is 0 Å². The Kier molecular flexibility index (Phi) is 4.80. The van der Waals surface area contributed by atoms with Gasteiger partial charge in [-0.3, -0.25) is 4.90 Å². The monoisotopic (exact) mass is 219 g/mol. The maximum Gasteiger partial charge on any atom is 0.0234 e. The van der Waals surface area contributed by atoms with E-state index in [0.29, 0.717) is 0 Å². The molecule has 16 heavy (non-hydrogen) atoms. The van der Waals surface area contributed by atoms with Gasteiger partial charge in [-0.15, -0.1) is 0 Å². The van der Waals surface area contributed by atoms with Crippen molar-refractivity contribution < 1.29 is 0 Å². The molecule has 0 unspecified atom stereocenters. The Balaban J connectivity index is 1.86. The minimum Gasteiger partial charge on any atom is -0.314 e. The lowest BCUT2D eigenvalue weighted by molar-refractivity contribution is 0.272. The molecule has 1 heterocycles. The third kappa shape index (κ3) is 3.93. The molecule has 0 atom stereocenters. The van der Waals surface area contributed by atoms with Crippen LogP contribution in [0.5, 0.6) is 0 Å². The van der Waals surface area contributed by atoms with Crippen molar-refractivity contribution in [2.45, 2.75) is 6.54 Å². The first-order valence-electron chi connectivity index (χ1n) is 6.13. The second-order valence-electron chi connectivity index (χ2n) is 4.26. The van der Waals surface area contributed by atoms with Gasteiger partial charge in [0, 0.05) is 45.8 Å². The Hall–Kier alpha value is -0.900. The van der Waals surface area contributed by atoms with Crippen molar-refractivity contribution in [2.75, 3.05) is 39.3 Å². The van der Waals surface area contributed by atoms with Gasteiger partial charge in [0.05, 0.1) is 0 Å². The number of nitrogens with zero attached hydrogens (tertiary/aromatic N) is 1. The molecular weight excluding hydrogens is 198 g/mol. The summed E-state index contributed by atoms with van der Waals surface area (Å²) in [6.07, 6.45) is 0. The number of hydrogen-bond donors (Lipinski definition) is 2. The molecule has 0 radical (unpaired) electrons. The third-order valence-electron chi connectivity index (χ3n) is 2.94. The Morgan fingerprint density at radius 2 is 1.50 bits per heavy atom. The fraction of sp³-hybridized carbons (Fsp3) is 0.538. The predicted octanol–water partition coefficient (Wildman–Crippen LogP) is 0.681. The summed E-state index contributed by atoms with van der Waals surface area (Å²) in [4.78, 5) is 2.50. The molecule has 1 aromatic rings. The molecule has 0 bridgehead atoms. The summed E-state index contributed by atoms with van der Waals surface area (Å²) in [5, 5.41) is 6.88. The molecule has 0 aromatic heterocycles. The summed E-state index contributed by atoms with van der Waals surface area (Å²) in [5.41, 5.74) is 1.40. The van der Waals surface area contributed by atoms with Crippen LogP contribution in [0.15, 0.2) is 30.3 Å². The van der Waals surface area contributed by atoms with Crippen molar-refractivity contribution in [2.24, 2.45) is 0 Å². The van der Waals surface area contributed by atoms with Crippen LogP contribution < -0.4 is 10.6 Å². The summed E-state index contributed by atoms with van der Waals surface area (Å²) < 4.78 is 0. The first-order chi connectivity index (χ1) is 7.95. The van der Waals surface area contributed by atoms with E-state index in [0.717, 1.165) is 45.8 Å². The molecule has 0 spiro atoms. The highest BCUT2D eigenvalue weighted by molar-refractivity contribution is 5.14. The maximum atomic E-state index is 3.44. The lowest BCUT2D eigenvalue weighted by Gasteiger charge is -2.21. The second-order valence-corrected chi connectivity index (χ2v) is 4.26. The Morgan fingerprint density at radius 3 is 2.12 bits per heavy atom. The zero-order valence-electron chi connectivity index (χ0n) is 9.78. The molecule has 3 heteroatoms.